The molecule has 2 heterocycles. The number of azo groups is 1. The molecule has 1 aromatic carbocycles. The van der Waals surface area contributed by atoms with E-state index in [1.54, 1.807) is 11.3 Å². The van der Waals surface area contributed by atoms with E-state index in [-0.39, 0.29) is 18.2 Å². The highest BCUT2D eigenvalue weighted by Gasteiger charge is 2.18. The molecule has 0 saturated carbocycles. The van der Waals surface area contributed by atoms with Gasteiger partial charge in [-0.15, -0.1) is 21.6 Å². The summed E-state index contributed by atoms with van der Waals surface area (Å²) in [4.78, 5) is 20.5. The molecule has 170 valence electrons. The third kappa shape index (κ3) is 5.80. The number of thiophene rings is 1. The van der Waals surface area contributed by atoms with Crippen molar-refractivity contribution in [3.05, 3.63) is 46.7 Å². The molecule has 3 aromatic rings. The molecule has 3 rings (SSSR count). The molecule has 0 spiro atoms. The Morgan fingerprint density at radius 2 is 1.91 bits per heavy atom. The number of aromatic nitrogens is 1. The molecule has 0 fully saturated rings. The molecule has 0 atom stereocenters. The number of aromatic hydroxyl groups is 1. The molecule has 0 aliphatic carbocycles. The first-order valence-electron chi connectivity index (χ1n) is 10.7. The number of nitrogens with zero attached hydrogens (tertiary/aromatic N) is 5. The summed E-state index contributed by atoms with van der Waals surface area (Å²) in [5.41, 5.74) is 1.81. The molecule has 0 bridgehead atoms. The number of carbonyl (C=O) groups excluding carboxylic acids is 1. The first kappa shape index (κ1) is 23.6. The van der Waals surface area contributed by atoms with E-state index in [1.165, 1.54) is 0 Å². The number of benzene rings is 1. The largest absolute Gasteiger partial charge is 0.493 e. The predicted molar refractivity (Wildman–Crippen MR) is 128 cm³/mol. The first-order valence-corrected chi connectivity index (χ1v) is 11.6. The van der Waals surface area contributed by atoms with Gasteiger partial charge in [0.05, 0.1) is 22.8 Å². The number of amides is 1. The van der Waals surface area contributed by atoms with Crippen molar-refractivity contribution in [2.75, 3.05) is 19.7 Å². The fraction of sp³-hybridized carbons (Fsp3) is 0.391. The summed E-state index contributed by atoms with van der Waals surface area (Å²) in [5.74, 6) is -0.588. The molecule has 8 nitrogen and oxygen atoms in total. The lowest BCUT2D eigenvalue weighted by atomic mass is 10.2. The Bertz CT molecular complexity index is 1080. The number of carbonyl (C=O) groups is 1. The number of hydrogen-bond acceptors (Lipinski definition) is 7. The van der Waals surface area contributed by atoms with Crippen LogP contribution in [0.3, 0.4) is 0 Å². The maximum atomic E-state index is 12.1. The van der Waals surface area contributed by atoms with Gasteiger partial charge < -0.3 is 9.94 Å². The van der Waals surface area contributed by atoms with Crippen LogP contribution in [0.5, 0.6) is 5.88 Å². The van der Waals surface area contributed by atoms with Crippen molar-refractivity contribution in [1.82, 2.24) is 9.47 Å². The molecule has 1 amide bonds. The van der Waals surface area contributed by atoms with E-state index in [0.717, 1.165) is 41.7 Å². The van der Waals surface area contributed by atoms with Gasteiger partial charge in [0.1, 0.15) is 0 Å². The monoisotopic (exact) mass is 455 g/mol. The lowest BCUT2D eigenvalue weighted by Crippen LogP contribution is -2.27. The highest BCUT2D eigenvalue weighted by Crippen LogP contribution is 2.39. The maximum Gasteiger partial charge on any atom is 0.304 e. The van der Waals surface area contributed by atoms with Crippen LogP contribution in [0.15, 0.2) is 57.2 Å². The van der Waals surface area contributed by atoms with Crippen molar-refractivity contribution in [2.45, 2.75) is 40.3 Å². The lowest BCUT2D eigenvalue weighted by molar-refractivity contribution is -0.122. The summed E-state index contributed by atoms with van der Waals surface area (Å²) in [5, 5.41) is 25.3. The van der Waals surface area contributed by atoms with Gasteiger partial charge in [-0.2, -0.15) is 0 Å². The minimum Gasteiger partial charge on any atom is -0.493 e. The van der Waals surface area contributed by atoms with Gasteiger partial charge in [-0.1, -0.05) is 43.3 Å². The lowest BCUT2D eigenvalue weighted by Gasteiger charge is -2.22. The van der Waals surface area contributed by atoms with Crippen LogP contribution in [0.4, 0.5) is 5.69 Å². The van der Waals surface area contributed by atoms with Crippen LogP contribution in [0.25, 0.3) is 10.9 Å². The van der Waals surface area contributed by atoms with E-state index >= 15 is 0 Å². The number of oxime groups is 1. The normalized spacial score (nSPS) is 12.3. The van der Waals surface area contributed by atoms with E-state index in [9.17, 15) is 9.90 Å². The third-order valence-electron chi connectivity index (χ3n) is 4.87. The fourth-order valence-electron chi connectivity index (χ4n) is 3.45. The van der Waals surface area contributed by atoms with Crippen LogP contribution in [0.1, 0.15) is 38.5 Å². The van der Waals surface area contributed by atoms with Gasteiger partial charge in [-0.3, -0.25) is 14.3 Å². The standard InChI is InChI=1S/C23H29N5O3S/c1-4-12-27(13-5-2)16-28-19-10-7-6-9-18(19)22(23(28)30)25-24-21(29)15-31-26-17(3)20-11-8-14-32-20/h6-11,14,30H,4-5,12-13,15-16H2,1-3H3/b25-24?,26-17+. The summed E-state index contributed by atoms with van der Waals surface area (Å²) < 4.78 is 1.81. The molecule has 9 heteroatoms. The molecule has 0 radical (unpaired) electrons. The smallest absolute Gasteiger partial charge is 0.304 e. The highest BCUT2D eigenvalue weighted by atomic mass is 32.1. The van der Waals surface area contributed by atoms with E-state index in [0.29, 0.717) is 12.4 Å². The zero-order valence-corrected chi connectivity index (χ0v) is 19.5. The molecule has 0 saturated heterocycles. The molecule has 0 aliphatic heterocycles. The molecule has 0 unspecified atom stereocenters. The van der Waals surface area contributed by atoms with Crippen molar-refractivity contribution < 1.29 is 14.7 Å². The Balaban J connectivity index is 1.75. The van der Waals surface area contributed by atoms with Crippen molar-refractivity contribution in [2.24, 2.45) is 15.4 Å². The van der Waals surface area contributed by atoms with Crippen LogP contribution in [-0.2, 0) is 16.3 Å². The fourth-order valence-corrected chi connectivity index (χ4v) is 4.12. The first-order chi connectivity index (χ1) is 15.5. The summed E-state index contributed by atoms with van der Waals surface area (Å²) in [6.07, 6.45) is 2.05. The van der Waals surface area contributed by atoms with Crippen LogP contribution in [-0.4, -0.2) is 45.9 Å². The minimum absolute atomic E-state index is 0.00700. The van der Waals surface area contributed by atoms with Crippen LogP contribution in [0.2, 0.25) is 0 Å². The molecular formula is C23H29N5O3S. The van der Waals surface area contributed by atoms with E-state index < -0.39 is 5.91 Å². The zero-order chi connectivity index (χ0) is 22.9. The summed E-state index contributed by atoms with van der Waals surface area (Å²) >= 11 is 1.54. The Morgan fingerprint density at radius 1 is 1.16 bits per heavy atom. The average molecular weight is 456 g/mol. The zero-order valence-electron chi connectivity index (χ0n) is 18.7. The topological polar surface area (TPSA) is 91.8 Å². The second kappa shape index (κ2) is 11.5. The molecule has 0 aliphatic rings. The van der Waals surface area contributed by atoms with Gasteiger partial charge in [0.2, 0.25) is 5.88 Å². The van der Waals surface area contributed by atoms with E-state index in [1.807, 2.05) is 53.3 Å². The SMILES string of the molecule is CCCN(CCC)Cn1c(O)c(N=NC(=O)CO/N=C(\C)c2cccs2)c2ccccc21. The average Bonchev–Trinajstić information content (AvgIpc) is 3.41. The Kier molecular flexibility index (Phi) is 8.52. The number of fused-ring (bicyclic) bond motifs is 1. The maximum absolute atomic E-state index is 12.1. The molecule has 2 aromatic heterocycles. The second-order valence-corrected chi connectivity index (χ2v) is 8.35. The molecule has 1 N–H and O–H groups in total. The number of para-hydroxylation sites is 1. The van der Waals surface area contributed by atoms with Crippen molar-refractivity contribution in [3.8, 4) is 5.88 Å². The van der Waals surface area contributed by atoms with Crippen molar-refractivity contribution >= 4 is 39.5 Å². The molecular weight excluding hydrogens is 426 g/mol. The second-order valence-electron chi connectivity index (χ2n) is 7.40. The summed E-state index contributed by atoms with van der Waals surface area (Å²) in [7, 11) is 0. The van der Waals surface area contributed by atoms with Crippen LogP contribution >= 0.6 is 11.3 Å². The highest BCUT2D eigenvalue weighted by molar-refractivity contribution is 7.12. The Labute approximate surface area is 191 Å². The third-order valence-corrected chi connectivity index (χ3v) is 5.85. The minimum atomic E-state index is -0.581. The van der Waals surface area contributed by atoms with Gasteiger partial charge in [-0.05, 0) is 50.4 Å². The molecule has 32 heavy (non-hydrogen) atoms. The van der Waals surface area contributed by atoms with Gasteiger partial charge in [0.25, 0.3) is 0 Å². The quantitative estimate of drug-likeness (QED) is 0.233. The Hall–Kier alpha value is -3.04. The van der Waals surface area contributed by atoms with E-state index in [2.05, 4.69) is 34.1 Å². The predicted octanol–water partition coefficient (Wildman–Crippen LogP) is 5.54. The summed E-state index contributed by atoms with van der Waals surface area (Å²) in [6, 6.07) is 11.4. The van der Waals surface area contributed by atoms with Crippen molar-refractivity contribution in [3.63, 3.8) is 0 Å². The van der Waals surface area contributed by atoms with Gasteiger partial charge in [0.15, 0.2) is 12.3 Å². The van der Waals surface area contributed by atoms with E-state index in [4.69, 9.17) is 4.84 Å². The summed E-state index contributed by atoms with van der Waals surface area (Å²) in [6.45, 7) is 8.15. The van der Waals surface area contributed by atoms with Crippen LogP contribution in [0, 0.1) is 0 Å². The number of rotatable bonds is 11. The van der Waals surface area contributed by atoms with Gasteiger partial charge in [-0.25, -0.2) is 0 Å². The Morgan fingerprint density at radius 3 is 2.59 bits per heavy atom. The van der Waals surface area contributed by atoms with Crippen LogP contribution < -0.4 is 0 Å². The van der Waals surface area contributed by atoms with Gasteiger partial charge >= 0.3 is 5.91 Å². The van der Waals surface area contributed by atoms with Gasteiger partial charge in [0, 0.05) is 5.39 Å². The van der Waals surface area contributed by atoms with Crippen molar-refractivity contribution in [1.29, 1.82) is 0 Å². The number of hydrogen-bond donors (Lipinski definition) is 1.